The third kappa shape index (κ3) is 4.67. The Morgan fingerprint density at radius 1 is 1.10 bits per heavy atom. The number of ether oxygens (including phenoxy) is 1. The first-order chi connectivity index (χ1) is 14.5. The zero-order valence-corrected chi connectivity index (χ0v) is 17.9. The molecule has 0 aliphatic heterocycles. The minimum absolute atomic E-state index is 0.00833. The highest BCUT2D eigenvalue weighted by molar-refractivity contribution is 5.96. The summed E-state index contributed by atoms with van der Waals surface area (Å²) in [6, 6.07) is 3.58. The van der Waals surface area contributed by atoms with Crippen LogP contribution in [-0.4, -0.2) is 33.1 Å². The molecule has 0 unspecified atom stereocenters. The van der Waals surface area contributed by atoms with Crippen molar-refractivity contribution in [2.75, 3.05) is 7.11 Å². The summed E-state index contributed by atoms with van der Waals surface area (Å²) in [7, 11) is 1.39. The molecule has 7 heteroatoms. The average Bonchev–Trinajstić information content (AvgIpc) is 2.64. The number of phenols is 3. The number of fused-ring (bicyclic) bond motifs is 2. The van der Waals surface area contributed by atoms with Crippen LogP contribution in [0.3, 0.4) is 0 Å². The molecule has 7 nitrogen and oxygen atoms in total. The summed E-state index contributed by atoms with van der Waals surface area (Å²) in [6.45, 7) is 5.29. The number of phenolic OH excluding ortho intramolecular Hbond substituents is 3. The van der Waals surface area contributed by atoms with E-state index in [0.717, 1.165) is 11.6 Å². The lowest BCUT2D eigenvalue weighted by Crippen LogP contribution is -2.13. The summed E-state index contributed by atoms with van der Waals surface area (Å²) >= 11 is 0. The predicted molar refractivity (Wildman–Crippen MR) is 119 cm³/mol. The van der Waals surface area contributed by atoms with E-state index in [2.05, 4.69) is 0 Å². The largest absolute Gasteiger partial charge is 0.508 e. The summed E-state index contributed by atoms with van der Waals surface area (Å²) in [6.07, 6.45) is 6.32. The van der Waals surface area contributed by atoms with Crippen LogP contribution in [0, 0.1) is 0 Å². The molecule has 3 rings (SSSR count). The van der Waals surface area contributed by atoms with Crippen molar-refractivity contribution in [2.45, 2.75) is 39.2 Å². The second-order valence-corrected chi connectivity index (χ2v) is 8.06. The Kier molecular flexibility index (Phi) is 5.99. The second-order valence-electron chi connectivity index (χ2n) is 8.06. The molecule has 0 spiro atoms. The number of hydrogen-bond donors (Lipinski definition) is 4. The third-order valence-corrected chi connectivity index (χ3v) is 4.89. The Morgan fingerprint density at radius 2 is 1.77 bits per heavy atom. The predicted octanol–water partition coefficient (Wildman–Crippen LogP) is 4.28. The summed E-state index contributed by atoms with van der Waals surface area (Å²) in [5.74, 6) is -0.686. The van der Waals surface area contributed by atoms with Gasteiger partial charge in [0.05, 0.1) is 18.1 Å². The van der Waals surface area contributed by atoms with Gasteiger partial charge in [-0.25, -0.2) is 0 Å². The van der Waals surface area contributed by atoms with Gasteiger partial charge in [-0.2, -0.15) is 0 Å². The van der Waals surface area contributed by atoms with E-state index in [1.54, 1.807) is 19.9 Å². The standard InChI is InChI=1S/C24H26O7/c1-13(6-5-9-24(2,3)29)7-8-15-20-19(12-17(27)23(15)30-4)31-18-11-14(25)10-16(26)21(18)22(20)28/h5,7,9-12,25-27,29H,6,8H2,1-4H3. The maximum Gasteiger partial charge on any atom is 0.204 e. The van der Waals surface area contributed by atoms with Gasteiger partial charge in [0, 0.05) is 23.8 Å². The zero-order chi connectivity index (χ0) is 22.9. The highest BCUT2D eigenvalue weighted by Crippen LogP contribution is 2.38. The lowest BCUT2D eigenvalue weighted by molar-refractivity contribution is 0.133. The first kappa shape index (κ1) is 22.2. The topological polar surface area (TPSA) is 120 Å². The molecular formula is C24H26O7. The molecule has 0 saturated carbocycles. The van der Waals surface area contributed by atoms with Gasteiger partial charge in [0.15, 0.2) is 11.5 Å². The maximum atomic E-state index is 13.2. The molecule has 0 amide bonds. The van der Waals surface area contributed by atoms with E-state index in [0.29, 0.717) is 12.0 Å². The van der Waals surface area contributed by atoms with Crippen molar-refractivity contribution in [3.63, 3.8) is 0 Å². The molecule has 2 aromatic carbocycles. The van der Waals surface area contributed by atoms with Gasteiger partial charge in [-0.3, -0.25) is 4.79 Å². The molecule has 31 heavy (non-hydrogen) atoms. The minimum Gasteiger partial charge on any atom is -0.508 e. The van der Waals surface area contributed by atoms with E-state index in [1.165, 1.54) is 19.2 Å². The summed E-state index contributed by atoms with van der Waals surface area (Å²) in [4.78, 5) is 13.2. The molecule has 0 radical (unpaired) electrons. The van der Waals surface area contributed by atoms with E-state index in [1.807, 2.05) is 19.1 Å². The van der Waals surface area contributed by atoms with Gasteiger partial charge in [0.2, 0.25) is 5.43 Å². The Morgan fingerprint density at radius 3 is 2.42 bits per heavy atom. The summed E-state index contributed by atoms with van der Waals surface area (Å²) in [5.41, 5.74) is 0.137. The van der Waals surface area contributed by atoms with Crippen molar-refractivity contribution in [1.82, 2.24) is 0 Å². The van der Waals surface area contributed by atoms with Gasteiger partial charge in [0.1, 0.15) is 28.1 Å². The molecule has 1 aromatic heterocycles. The minimum atomic E-state index is -0.901. The van der Waals surface area contributed by atoms with Crippen molar-refractivity contribution < 1.29 is 29.6 Å². The van der Waals surface area contributed by atoms with E-state index in [9.17, 15) is 25.2 Å². The number of rotatable bonds is 6. The maximum absolute atomic E-state index is 13.2. The molecule has 0 atom stereocenters. The molecule has 1 heterocycles. The quantitative estimate of drug-likeness (QED) is 0.343. The summed E-state index contributed by atoms with van der Waals surface area (Å²) in [5, 5.41) is 40.2. The molecule has 3 aromatic rings. The van der Waals surface area contributed by atoms with Crippen LogP contribution in [0.2, 0.25) is 0 Å². The van der Waals surface area contributed by atoms with Crippen LogP contribution >= 0.6 is 0 Å². The van der Waals surface area contributed by atoms with Crippen LogP contribution < -0.4 is 10.2 Å². The third-order valence-electron chi connectivity index (χ3n) is 4.89. The SMILES string of the molecule is COc1c(O)cc2oc3cc(O)cc(O)c3c(=O)c2c1CC=C(C)CC=CC(C)(C)O. The van der Waals surface area contributed by atoms with Crippen molar-refractivity contribution in [3.8, 4) is 23.0 Å². The van der Waals surface area contributed by atoms with Crippen molar-refractivity contribution in [3.05, 3.63) is 57.8 Å². The van der Waals surface area contributed by atoms with E-state index in [4.69, 9.17) is 9.15 Å². The average molecular weight is 426 g/mol. The van der Waals surface area contributed by atoms with Gasteiger partial charge in [-0.1, -0.05) is 23.8 Å². The van der Waals surface area contributed by atoms with Gasteiger partial charge in [0.25, 0.3) is 0 Å². The molecule has 0 bridgehead atoms. The highest BCUT2D eigenvalue weighted by atomic mass is 16.5. The highest BCUT2D eigenvalue weighted by Gasteiger charge is 2.21. The number of methoxy groups -OCH3 is 1. The van der Waals surface area contributed by atoms with E-state index in [-0.39, 0.29) is 45.6 Å². The first-order valence-corrected chi connectivity index (χ1v) is 9.79. The molecule has 0 aliphatic rings. The Labute approximate surface area is 179 Å². The van der Waals surface area contributed by atoms with Crippen LogP contribution in [0.25, 0.3) is 21.9 Å². The number of aliphatic hydroxyl groups is 1. The van der Waals surface area contributed by atoms with Gasteiger partial charge in [-0.05, 0) is 33.6 Å². The fraction of sp³-hybridized carbons (Fsp3) is 0.292. The van der Waals surface area contributed by atoms with Gasteiger partial charge < -0.3 is 29.6 Å². The van der Waals surface area contributed by atoms with Crippen LogP contribution in [0.1, 0.15) is 32.8 Å². The first-order valence-electron chi connectivity index (χ1n) is 9.79. The lowest BCUT2D eigenvalue weighted by Gasteiger charge is -2.13. The Hall–Kier alpha value is -3.45. The van der Waals surface area contributed by atoms with Crippen LogP contribution in [0.5, 0.6) is 23.0 Å². The van der Waals surface area contributed by atoms with Crippen molar-refractivity contribution >= 4 is 21.9 Å². The lowest BCUT2D eigenvalue weighted by atomic mass is 9.99. The number of benzene rings is 2. The van der Waals surface area contributed by atoms with Crippen LogP contribution in [0.15, 0.2) is 51.2 Å². The monoisotopic (exact) mass is 426 g/mol. The molecule has 0 aliphatic carbocycles. The van der Waals surface area contributed by atoms with Crippen LogP contribution in [-0.2, 0) is 6.42 Å². The molecule has 4 N–H and O–H groups in total. The fourth-order valence-electron chi connectivity index (χ4n) is 3.46. The zero-order valence-electron chi connectivity index (χ0n) is 17.9. The Bertz CT molecular complexity index is 1260. The molecule has 164 valence electrons. The fourth-order valence-corrected chi connectivity index (χ4v) is 3.46. The molecule has 0 saturated heterocycles. The summed E-state index contributed by atoms with van der Waals surface area (Å²) < 4.78 is 11.1. The van der Waals surface area contributed by atoms with Gasteiger partial charge in [-0.15, -0.1) is 0 Å². The van der Waals surface area contributed by atoms with Crippen molar-refractivity contribution in [1.29, 1.82) is 0 Å². The Balaban J connectivity index is 2.17. The van der Waals surface area contributed by atoms with Gasteiger partial charge >= 0.3 is 0 Å². The van der Waals surface area contributed by atoms with E-state index < -0.39 is 16.8 Å². The number of allylic oxidation sites excluding steroid dienone is 3. The number of hydrogen-bond acceptors (Lipinski definition) is 7. The molecular weight excluding hydrogens is 400 g/mol. The normalized spacial score (nSPS) is 12.9. The second kappa shape index (κ2) is 8.35. The van der Waals surface area contributed by atoms with Crippen molar-refractivity contribution in [2.24, 2.45) is 0 Å². The smallest absolute Gasteiger partial charge is 0.204 e. The molecule has 0 fully saturated rings. The van der Waals surface area contributed by atoms with Crippen LogP contribution in [0.4, 0.5) is 0 Å². The van der Waals surface area contributed by atoms with E-state index >= 15 is 0 Å². The number of aromatic hydroxyl groups is 3.